The molecule has 4 aromatic carbocycles. The number of rotatable bonds is 3. The molecule has 0 aliphatic heterocycles. The zero-order valence-electron chi connectivity index (χ0n) is 22.2. The van der Waals surface area contributed by atoms with Crippen LogP contribution in [-0.2, 0) is 0 Å². The zero-order valence-corrected chi connectivity index (χ0v) is 22.2. The van der Waals surface area contributed by atoms with Gasteiger partial charge in [0, 0.05) is 38.0 Å². The second kappa shape index (κ2) is 7.86. The summed E-state index contributed by atoms with van der Waals surface area (Å²) < 4.78 is 24.6. The van der Waals surface area contributed by atoms with E-state index in [-0.39, 0.29) is 0 Å². The van der Waals surface area contributed by atoms with Gasteiger partial charge in [-0.1, -0.05) is 42.5 Å². The van der Waals surface area contributed by atoms with Crippen molar-refractivity contribution in [3.63, 3.8) is 0 Å². The Hall–Kier alpha value is -5.88. The van der Waals surface area contributed by atoms with Crippen molar-refractivity contribution in [2.24, 2.45) is 0 Å². The molecule has 0 unspecified atom stereocenters. The maximum atomic E-state index is 6.12. The van der Waals surface area contributed by atoms with Gasteiger partial charge in [-0.25, -0.2) is 0 Å². The van der Waals surface area contributed by atoms with Crippen molar-refractivity contribution in [2.75, 3.05) is 0 Å². The third-order valence-corrected chi connectivity index (χ3v) is 8.53. The predicted octanol–water partition coefficient (Wildman–Crippen LogP) is 9.76. The van der Waals surface area contributed by atoms with Crippen molar-refractivity contribution in [1.82, 2.24) is 13.7 Å². The van der Waals surface area contributed by atoms with E-state index in [1.807, 2.05) is 18.2 Å². The van der Waals surface area contributed by atoms with Gasteiger partial charge >= 0.3 is 0 Å². The quantitative estimate of drug-likeness (QED) is 0.223. The number of fused-ring (bicyclic) bond motifs is 9. The van der Waals surface area contributed by atoms with Gasteiger partial charge in [-0.05, 0) is 66.7 Å². The minimum absolute atomic E-state index is 0.806. The van der Waals surface area contributed by atoms with Crippen LogP contribution in [0.3, 0.4) is 0 Å². The average molecular weight is 544 g/mol. The largest absolute Gasteiger partial charge is 0.447 e. The lowest BCUT2D eigenvalue weighted by atomic mass is 10.2. The van der Waals surface area contributed by atoms with E-state index in [1.165, 1.54) is 10.8 Å². The minimum Gasteiger partial charge on any atom is -0.447 e. The number of nitrogens with zero attached hydrogens (tertiary/aromatic N) is 3. The first-order chi connectivity index (χ1) is 20.8. The molecule has 0 spiro atoms. The first-order valence-electron chi connectivity index (χ1n) is 13.9. The van der Waals surface area contributed by atoms with Crippen LogP contribution in [-0.4, -0.2) is 13.7 Å². The van der Waals surface area contributed by atoms with Crippen LogP contribution in [0.2, 0.25) is 0 Å². The summed E-state index contributed by atoms with van der Waals surface area (Å²) in [4.78, 5) is 0. The van der Waals surface area contributed by atoms with E-state index in [0.29, 0.717) is 0 Å². The highest BCUT2D eigenvalue weighted by molar-refractivity contribution is 6.11. The van der Waals surface area contributed by atoms with Crippen LogP contribution in [0.5, 0.6) is 0 Å². The maximum absolute atomic E-state index is 6.12. The van der Waals surface area contributed by atoms with Gasteiger partial charge in [0.1, 0.15) is 0 Å². The van der Waals surface area contributed by atoms with Crippen molar-refractivity contribution in [1.29, 1.82) is 0 Å². The normalized spacial score (nSPS) is 12.3. The fourth-order valence-corrected chi connectivity index (χ4v) is 6.77. The minimum atomic E-state index is 0.806. The summed E-state index contributed by atoms with van der Waals surface area (Å²) in [7, 11) is 0. The van der Waals surface area contributed by atoms with Gasteiger partial charge in [0.15, 0.2) is 0 Å². The van der Waals surface area contributed by atoms with E-state index >= 15 is 0 Å². The molecule has 0 amide bonds. The molecule has 10 aromatic rings. The Kier molecular flexibility index (Phi) is 4.10. The van der Waals surface area contributed by atoms with E-state index < -0.39 is 0 Å². The molecule has 6 heterocycles. The Morgan fingerprint density at radius 2 is 0.786 bits per heavy atom. The van der Waals surface area contributed by atoms with Gasteiger partial charge in [-0.2, -0.15) is 0 Å². The van der Waals surface area contributed by atoms with Crippen molar-refractivity contribution in [3.05, 3.63) is 128 Å². The molecule has 6 heteroatoms. The van der Waals surface area contributed by atoms with Crippen LogP contribution >= 0.6 is 0 Å². The summed E-state index contributed by atoms with van der Waals surface area (Å²) in [6.45, 7) is 0. The monoisotopic (exact) mass is 543 g/mol. The van der Waals surface area contributed by atoms with Crippen molar-refractivity contribution >= 4 is 66.0 Å². The van der Waals surface area contributed by atoms with Gasteiger partial charge in [-0.3, -0.25) is 13.7 Å². The highest BCUT2D eigenvalue weighted by Gasteiger charge is 2.20. The molecule has 0 bridgehead atoms. The van der Waals surface area contributed by atoms with Crippen LogP contribution in [0.1, 0.15) is 0 Å². The SMILES string of the molecule is c1cc(-n2c3ccccc3c3ccoc32)cc(-n2c3ccc(-n4c5ccccc5c5ccoc54)cc3c3ccoc32)c1. The van der Waals surface area contributed by atoms with Gasteiger partial charge in [0.05, 0.1) is 46.7 Å². The summed E-state index contributed by atoms with van der Waals surface area (Å²) in [5.41, 5.74) is 8.84. The van der Waals surface area contributed by atoms with Crippen LogP contribution in [0.15, 0.2) is 141 Å². The smallest absolute Gasteiger partial charge is 0.212 e. The van der Waals surface area contributed by atoms with Crippen LogP contribution in [0.25, 0.3) is 83.1 Å². The summed E-state index contributed by atoms with van der Waals surface area (Å²) in [6, 6.07) is 38.0. The van der Waals surface area contributed by atoms with E-state index in [4.69, 9.17) is 13.3 Å². The van der Waals surface area contributed by atoms with Gasteiger partial charge < -0.3 is 13.3 Å². The lowest BCUT2D eigenvalue weighted by Gasteiger charge is -2.11. The Morgan fingerprint density at radius 3 is 1.33 bits per heavy atom. The van der Waals surface area contributed by atoms with E-state index in [1.54, 1.807) is 18.8 Å². The first-order valence-corrected chi connectivity index (χ1v) is 13.9. The fraction of sp³-hybridized carbons (Fsp3) is 0. The molecule has 0 aliphatic carbocycles. The van der Waals surface area contributed by atoms with Gasteiger partial charge in [0.2, 0.25) is 17.1 Å². The molecule has 198 valence electrons. The predicted molar refractivity (Wildman–Crippen MR) is 166 cm³/mol. The fourth-order valence-electron chi connectivity index (χ4n) is 6.77. The molecule has 0 radical (unpaired) electrons. The van der Waals surface area contributed by atoms with Crippen LogP contribution in [0.4, 0.5) is 0 Å². The molecule has 6 aromatic heterocycles. The van der Waals surface area contributed by atoms with Crippen molar-refractivity contribution in [2.45, 2.75) is 0 Å². The Balaban J connectivity index is 1.21. The topological polar surface area (TPSA) is 54.2 Å². The molecule has 0 saturated heterocycles. The molecule has 0 saturated carbocycles. The number of hydrogen-bond acceptors (Lipinski definition) is 3. The Bertz CT molecular complexity index is 2650. The van der Waals surface area contributed by atoms with Crippen molar-refractivity contribution < 1.29 is 13.3 Å². The third kappa shape index (κ3) is 2.73. The summed E-state index contributed by atoms with van der Waals surface area (Å²) in [5, 5.41) is 6.72. The summed E-state index contributed by atoms with van der Waals surface area (Å²) >= 11 is 0. The summed E-state index contributed by atoms with van der Waals surface area (Å²) in [6.07, 6.45) is 5.28. The lowest BCUT2D eigenvalue weighted by Crippen LogP contribution is -1.98. The van der Waals surface area contributed by atoms with Crippen LogP contribution in [0, 0.1) is 0 Å². The molecule has 0 atom stereocenters. The highest BCUT2D eigenvalue weighted by Crippen LogP contribution is 2.38. The Morgan fingerprint density at radius 1 is 0.333 bits per heavy atom. The van der Waals surface area contributed by atoms with Crippen molar-refractivity contribution in [3.8, 4) is 17.1 Å². The second-order valence-corrected chi connectivity index (χ2v) is 10.7. The van der Waals surface area contributed by atoms with Crippen LogP contribution < -0.4 is 0 Å². The molecule has 42 heavy (non-hydrogen) atoms. The summed E-state index contributed by atoms with van der Waals surface area (Å²) in [5.74, 6) is 0. The second-order valence-electron chi connectivity index (χ2n) is 10.7. The molecular formula is C36H21N3O3. The first kappa shape index (κ1) is 21.9. The maximum Gasteiger partial charge on any atom is 0.212 e. The number of aromatic nitrogens is 3. The van der Waals surface area contributed by atoms with Gasteiger partial charge in [0.25, 0.3) is 0 Å². The van der Waals surface area contributed by atoms with E-state index in [2.05, 4.69) is 105 Å². The average Bonchev–Trinajstić information content (AvgIpc) is 3.85. The van der Waals surface area contributed by atoms with Gasteiger partial charge in [-0.15, -0.1) is 0 Å². The number of para-hydroxylation sites is 2. The Labute approximate surface area is 237 Å². The number of benzene rings is 4. The molecule has 0 aliphatic rings. The standard InChI is InChI=1S/C36H21N3O3/c1-3-10-31-25(8-1)27-14-17-40-34(27)37(31)22-6-5-7-23(20-22)38-33-13-12-24(21-30(33)29-16-19-42-36(29)38)39-32-11-4-2-9-26(32)28-15-18-41-35(28)39/h1-21H. The third-order valence-electron chi connectivity index (χ3n) is 8.53. The number of hydrogen-bond donors (Lipinski definition) is 0. The lowest BCUT2D eigenvalue weighted by molar-refractivity contribution is 0.595. The zero-order chi connectivity index (χ0) is 27.4. The number of furan rings is 3. The molecule has 0 fully saturated rings. The molecular weight excluding hydrogens is 522 g/mol. The molecule has 10 rings (SSSR count). The van der Waals surface area contributed by atoms with E-state index in [0.717, 1.165) is 72.3 Å². The molecule has 0 N–H and O–H groups in total. The highest BCUT2D eigenvalue weighted by atomic mass is 16.3. The molecule has 6 nitrogen and oxygen atoms in total. The van der Waals surface area contributed by atoms with E-state index in [9.17, 15) is 0 Å².